The molecule has 0 aromatic rings. The van der Waals surface area contributed by atoms with Gasteiger partial charge in [0, 0.05) is 77.4 Å². The van der Waals surface area contributed by atoms with E-state index in [4.69, 9.17) is 56.8 Å². The van der Waals surface area contributed by atoms with Crippen molar-refractivity contribution in [2.75, 3.05) is 35.0 Å². The summed E-state index contributed by atoms with van der Waals surface area (Å²) in [5.41, 5.74) is 1.14. The highest BCUT2D eigenvalue weighted by Crippen LogP contribution is 2.43. The van der Waals surface area contributed by atoms with Crippen LogP contribution in [0.15, 0.2) is 58.7 Å². The van der Waals surface area contributed by atoms with Gasteiger partial charge in [-0.15, -0.1) is 0 Å². The van der Waals surface area contributed by atoms with Crippen molar-refractivity contribution in [2.45, 2.75) is 262 Å². The maximum atomic E-state index is 14.2. The smallest absolute Gasteiger partial charge is 0.334 e. The molecule has 0 aromatic heterocycles. The quantitative estimate of drug-likeness (QED) is 0.106. The number of allylic oxidation sites excluding steroid dienone is 7. The summed E-state index contributed by atoms with van der Waals surface area (Å²) in [5.74, 6) is -5.38. The number of cyclic esters (lactones) is 1. The Morgan fingerprint density at radius 3 is 2.06 bits per heavy atom. The van der Waals surface area contributed by atoms with E-state index in [0.29, 0.717) is 24.8 Å². The van der Waals surface area contributed by atoms with E-state index in [0.717, 1.165) is 11.1 Å². The van der Waals surface area contributed by atoms with Crippen LogP contribution in [0, 0.1) is 17.8 Å². The van der Waals surface area contributed by atoms with Crippen LogP contribution in [0.1, 0.15) is 128 Å². The van der Waals surface area contributed by atoms with Gasteiger partial charge in [-0.1, -0.05) is 67.9 Å². The molecule has 0 saturated carbocycles. The first-order valence-corrected chi connectivity index (χ1v) is 28.9. The molecule has 0 radical (unpaired) electrons. The maximum absolute atomic E-state index is 14.2. The lowest BCUT2D eigenvalue weighted by molar-refractivity contribution is -0.366. The number of aliphatic hydroxyl groups is 8. The highest BCUT2D eigenvalue weighted by molar-refractivity contribution is 5.88. The number of carbonyl (C=O) groups is 1. The van der Waals surface area contributed by atoms with Crippen molar-refractivity contribution in [3.05, 3.63) is 58.7 Å². The van der Waals surface area contributed by atoms with Crippen LogP contribution < -0.4 is 0 Å². The van der Waals surface area contributed by atoms with Crippen LogP contribution in [-0.4, -0.2) is 216 Å². The van der Waals surface area contributed by atoms with E-state index in [1.807, 2.05) is 58.1 Å². The lowest BCUT2D eigenvalue weighted by atomic mass is 9.76. The van der Waals surface area contributed by atoms with Gasteiger partial charge in [-0.3, -0.25) is 0 Å². The zero-order valence-electron chi connectivity index (χ0n) is 50.5. The largest absolute Gasteiger partial charge is 0.456 e. The van der Waals surface area contributed by atoms with Gasteiger partial charge in [0.05, 0.1) is 73.2 Å². The third-order valence-corrected chi connectivity index (χ3v) is 16.9. The van der Waals surface area contributed by atoms with E-state index < -0.39 is 152 Å². The van der Waals surface area contributed by atoms with Crippen LogP contribution in [0.5, 0.6) is 0 Å². The Bertz CT molecular complexity index is 2110. The Labute approximate surface area is 480 Å². The second-order valence-corrected chi connectivity index (χ2v) is 23.7. The van der Waals surface area contributed by atoms with Crippen molar-refractivity contribution in [3.63, 3.8) is 0 Å². The molecule has 4 saturated heterocycles. The van der Waals surface area contributed by atoms with Gasteiger partial charge < -0.3 is 97.7 Å². The fourth-order valence-electron chi connectivity index (χ4n) is 12.0. The first kappa shape index (κ1) is 69.2. The summed E-state index contributed by atoms with van der Waals surface area (Å²) < 4.78 is 72.2. The third-order valence-electron chi connectivity index (χ3n) is 16.9. The molecule has 0 aromatic carbocycles. The molecule has 8 N–H and O–H groups in total. The monoisotopic (exact) mass is 1160 g/mol. The van der Waals surface area contributed by atoms with Crippen molar-refractivity contribution >= 4 is 5.97 Å². The van der Waals surface area contributed by atoms with Gasteiger partial charge in [-0.05, 0) is 87.1 Å². The van der Waals surface area contributed by atoms with E-state index in [1.165, 1.54) is 35.4 Å². The number of ether oxygens (including phenoxy) is 12. The van der Waals surface area contributed by atoms with Crippen LogP contribution in [0.2, 0.25) is 0 Å². The number of hydrogen-bond acceptors (Lipinski definition) is 21. The summed E-state index contributed by atoms with van der Waals surface area (Å²) >= 11 is 0. The van der Waals surface area contributed by atoms with E-state index in [1.54, 1.807) is 47.6 Å². The highest BCUT2D eigenvalue weighted by Gasteiger charge is 2.58. The lowest BCUT2D eigenvalue weighted by Gasteiger charge is -2.51. The summed E-state index contributed by atoms with van der Waals surface area (Å²) in [6.07, 6.45) is -6.18. The molecule has 4 fully saturated rings. The zero-order valence-corrected chi connectivity index (χ0v) is 50.5. The first-order valence-electron chi connectivity index (χ1n) is 28.9. The average Bonchev–Trinajstić information content (AvgIpc) is 3.44. The number of carbonyl (C=O) groups excluding carboxylic acids is 1. The van der Waals surface area contributed by atoms with Crippen molar-refractivity contribution < 1.29 is 102 Å². The molecule has 5 heterocycles. The molecule has 5 aliphatic rings. The molecule has 0 spiro atoms. The van der Waals surface area contributed by atoms with Crippen LogP contribution >= 0.6 is 0 Å². The Hall–Kier alpha value is -2.59. The third kappa shape index (κ3) is 18.2. The molecule has 5 aliphatic heterocycles. The maximum Gasteiger partial charge on any atom is 0.334 e. The molecule has 2 unspecified atom stereocenters. The van der Waals surface area contributed by atoms with E-state index in [9.17, 15) is 45.6 Å². The standard InChI is InChI=1S/C60H100O21/c1-31-19-16-17-21-42(61)45(71-13)27-47(78-57(67)35(5)25-33(3)23-32(2)24-34(4)43(22-18-20-31)79-58-53(65)52(64)54(73-15)39(9)76-58)55(66)60(69)37(7)50(62)36(6)44(81-60)26-41(30-70-12)77-49-29-59(11,68)56(40(10)75-49)80-48-28-46(72-14)51(63)38(8)74-48/h18-20,23-25,34,36-56,58,61-66,68-69H,16-17,21-22,26-30H2,1-15H3/b20-18+,31-19-,32-24+,33-23+,35-25+/t34-,36+,37-,38-,39+,40+,41-,42?,43-,44-,45?,46-,47+,48+,49+,50+,51-,52+,53+,54+,55-,56+,58+,59+,60-/m1/s1. The molecule has 81 heavy (non-hydrogen) atoms. The van der Waals surface area contributed by atoms with Crippen LogP contribution in [0.3, 0.4) is 0 Å². The zero-order chi connectivity index (χ0) is 60.3. The predicted octanol–water partition coefficient (Wildman–Crippen LogP) is 4.37. The minimum absolute atomic E-state index is 0.00848. The van der Waals surface area contributed by atoms with Gasteiger partial charge in [0.1, 0.15) is 42.7 Å². The fourth-order valence-corrected chi connectivity index (χ4v) is 12.0. The van der Waals surface area contributed by atoms with Crippen LogP contribution in [0.25, 0.3) is 0 Å². The number of rotatable bonds is 15. The summed E-state index contributed by atoms with van der Waals surface area (Å²) in [6.45, 7) is 19.3. The Morgan fingerprint density at radius 1 is 0.741 bits per heavy atom. The van der Waals surface area contributed by atoms with Crippen molar-refractivity contribution in [2.24, 2.45) is 17.8 Å². The molecule has 0 aliphatic carbocycles. The minimum Gasteiger partial charge on any atom is -0.456 e. The van der Waals surface area contributed by atoms with Crippen LogP contribution in [0.4, 0.5) is 0 Å². The predicted molar refractivity (Wildman–Crippen MR) is 297 cm³/mol. The molecule has 21 heteroatoms. The molecule has 21 nitrogen and oxygen atoms in total. The second-order valence-electron chi connectivity index (χ2n) is 23.7. The normalized spacial score (nSPS) is 46.1. The van der Waals surface area contributed by atoms with E-state index in [-0.39, 0.29) is 50.2 Å². The van der Waals surface area contributed by atoms with Crippen molar-refractivity contribution in [1.82, 2.24) is 0 Å². The fraction of sp³-hybridized carbons (Fsp3) is 0.817. The Balaban J connectivity index is 1.38. The molecular formula is C60H100O21. The van der Waals surface area contributed by atoms with Crippen molar-refractivity contribution in [3.8, 4) is 0 Å². The van der Waals surface area contributed by atoms with Gasteiger partial charge >= 0.3 is 5.97 Å². The molecule has 25 atom stereocenters. The number of aliphatic hydroxyl groups excluding tert-OH is 6. The van der Waals surface area contributed by atoms with Crippen molar-refractivity contribution in [1.29, 1.82) is 0 Å². The topological polar surface area (TPSA) is 290 Å². The average molecular weight is 1160 g/mol. The molecule has 0 bridgehead atoms. The SMILES string of the molecule is COC[C@@H](C[C@H]1O[C@@](O)([C@H](O)[C@@H]2CC(OC)C(O)CCC/C=C(C)\C=C\C[C@@H](O[C@@H]3O[C@@H](C)[C@H](OC)[C@@H](O)[C@@H]3O)[C@H](C)/C=C(C)/C=C(C)/C=C(\C)C(=O)O2)[C@H](C)[C@@H](O)[C@H]1C)O[C@H]1C[C@](C)(O)[C@@H](O[C@H]2C[C@@H](OC)[C@H](O)[C@@H](C)O2)[C@H](C)O1. The van der Waals surface area contributed by atoms with Crippen LogP contribution in [-0.2, 0) is 61.6 Å². The minimum atomic E-state index is -2.54. The Morgan fingerprint density at radius 2 is 1.42 bits per heavy atom. The number of methoxy groups -OCH3 is 4. The van der Waals surface area contributed by atoms with Gasteiger partial charge in [0.15, 0.2) is 18.9 Å². The summed E-state index contributed by atoms with van der Waals surface area (Å²) in [5, 5.41) is 92.8. The van der Waals surface area contributed by atoms with Gasteiger partial charge in [-0.2, -0.15) is 0 Å². The van der Waals surface area contributed by atoms with Gasteiger partial charge in [0.25, 0.3) is 0 Å². The van der Waals surface area contributed by atoms with E-state index in [2.05, 4.69) is 0 Å². The Kier molecular flexibility index (Phi) is 26.6. The molecular weight excluding hydrogens is 1060 g/mol. The lowest BCUT2D eigenvalue weighted by Crippen LogP contribution is -2.66. The van der Waals surface area contributed by atoms with Gasteiger partial charge in [0.2, 0.25) is 5.79 Å². The second kappa shape index (κ2) is 31.2. The molecule has 0 amide bonds. The summed E-state index contributed by atoms with van der Waals surface area (Å²) in [6, 6.07) is 0. The summed E-state index contributed by atoms with van der Waals surface area (Å²) in [7, 11) is 5.83. The number of esters is 1. The highest BCUT2D eigenvalue weighted by atomic mass is 16.7. The number of hydrogen-bond donors (Lipinski definition) is 8. The van der Waals surface area contributed by atoms with Gasteiger partial charge in [-0.25, -0.2) is 4.79 Å². The summed E-state index contributed by atoms with van der Waals surface area (Å²) in [4.78, 5) is 14.2. The first-order chi connectivity index (χ1) is 38.1. The van der Waals surface area contributed by atoms with E-state index >= 15 is 0 Å². The molecule has 466 valence electrons. The molecule has 5 rings (SSSR count).